The molecule has 0 aromatic heterocycles. The number of hydrogen-bond donors (Lipinski definition) is 0. The summed E-state index contributed by atoms with van der Waals surface area (Å²) in [5, 5.41) is 7.63. The van der Waals surface area contributed by atoms with E-state index in [0.717, 1.165) is 22.6 Å². The maximum atomic E-state index is 9.12. The van der Waals surface area contributed by atoms with E-state index < -0.39 is 11.6 Å². The summed E-state index contributed by atoms with van der Waals surface area (Å²) in [6.45, 7) is 3.96. The molecule has 6 rings (SSSR count). The predicted molar refractivity (Wildman–Crippen MR) is 205 cm³/mol. The average Bonchev–Trinajstić information content (AvgIpc) is 3.12. The molecule has 0 saturated heterocycles. The summed E-state index contributed by atoms with van der Waals surface area (Å²) in [6.07, 6.45) is 0. The van der Waals surface area contributed by atoms with E-state index in [1.165, 1.54) is 43.3 Å². The van der Waals surface area contributed by atoms with Gasteiger partial charge in [0.1, 0.15) is 11.5 Å². The summed E-state index contributed by atoms with van der Waals surface area (Å²) in [5.41, 5.74) is 20.8. The third-order valence-corrected chi connectivity index (χ3v) is 9.36. The van der Waals surface area contributed by atoms with E-state index in [-0.39, 0.29) is 5.92 Å². The summed E-state index contributed by atoms with van der Waals surface area (Å²) in [4.78, 5) is 0. The number of methoxy groups -OCH3 is 2. The summed E-state index contributed by atoms with van der Waals surface area (Å²) in [7, 11) is 13.6. The monoisotopic (exact) mass is 767 g/mol. The van der Waals surface area contributed by atoms with Crippen molar-refractivity contribution in [1.29, 1.82) is 0 Å². The Morgan fingerprint density at radius 3 is 1.30 bits per heavy atom. The van der Waals surface area contributed by atoms with E-state index in [2.05, 4.69) is 101 Å². The minimum atomic E-state index is -1.15. The Hall–Kier alpha value is -2.87. The zero-order valence-corrected chi connectivity index (χ0v) is 31.7. The van der Waals surface area contributed by atoms with E-state index in [0.29, 0.717) is 0 Å². The predicted octanol–water partition coefficient (Wildman–Crippen LogP) is 10.4. The van der Waals surface area contributed by atoms with Gasteiger partial charge >= 0.3 is 27.0 Å². The van der Waals surface area contributed by atoms with Crippen LogP contribution in [0.25, 0.3) is 44.1 Å². The van der Waals surface area contributed by atoms with Gasteiger partial charge in [0.25, 0.3) is 0 Å². The number of fused-ring (bicyclic) bond motifs is 2. The molecule has 0 heterocycles. The van der Waals surface area contributed by atoms with Gasteiger partial charge in [-0.2, -0.15) is 0 Å². The molecule has 0 amide bonds. The summed E-state index contributed by atoms with van der Waals surface area (Å²) >= 11 is 1.82. The van der Waals surface area contributed by atoms with Crippen LogP contribution in [0.3, 0.4) is 0 Å². The van der Waals surface area contributed by atoms with Crippen molar-refractivity contribution in [3.63, 3.8) is 0 Å². The van der Waals surface area contributed by atoms with Gasteiger partial charge in [0, 0.05) is 0 Å². The van der Waals surface area contributed by atoms with Gasteiger partial charge in [-0.1, -0.05) is 133 Å². The van der Waals surface area contributed by atoms with Gasteiger partial charge in [-0.15, -0.1) is 24.5 Å². The van der Waals surface area contributed by atoms with E-state index in [9.17, 15) is 0 Å². The zero-order valence-electron chi connectivity index (χ0n) is 26.9. The molecule has 0 aliphatic carbocycles. The van der Waals surface area contributed by atoms with Crippen LogP contribution in [0.4, 0.5) is 0 Å². The van der Waals surface area contributed by atoms with Crippen molar-refractivity contribution in [1.82, 2.24) is 0 Å². The summed E-state index contributed by atoms with van der Waals surface area (Å²) in [6, 6.07) is 40.2. The molecule has 0 bridgehead atoms. The average molecular weight is 767 g/mol. The number of halogens is 1. The number of ether oxygens (including phenoxy) is 2. The molecule has 0 aliphatic rings. The molecule has 2 N–H and O–H groups in total. The first-order valence-corrected chi connectivity index (χ1v) is 18.5. The fourth-order valence-electron chi connectivity index (χ4n) is 5.87. The van der Waals surface area contributed by atoms with Crippen molar-refractivity contribution in [3.8, 4) is 22.6 Å². The quantitative estimate of drug-likeness (QED) is 0.120. The molecule has 0 saturated carbocycles. The molecule has 6 aromatic carbocycles. The molecule has 243 valence electrons. The van der Waals surface area contributed by atoms with Crippen LogP contribution in [-0.4, -0.2) is 20.3 Å². The molecule has 8 heteroatoms. The van der Waals surface area contributed by atoms with Crippen LogP contribution in [-0.2, 0) is 22.9 Å². The first kappa shape index (κ1) is 37.0. The van der Waals surface area contributed by atoms with Crippen LogP contribution < -0.4 is 20.1 Å². The molecule has 3 atom stereocenters. The number of rotatable bonds is 7. The standard InChI is InChI=1S/C20H16P2.C19H24N2O2.ClH.Ru/c21-17-11-9-13-5-1-3-7-15(13)19(17)20-16-8-4-2-6-14(16)10-12-18(20)22;1-13(2)18(20)19(21,14-5-9-16(22-3)10-6-14)15-7-11-17(23-4)12-8-15;;/h1-12H,21-22H2;5-13,18,20-21H,1-4H3;1H;/q;-2;;+3/p-1/t;18-;;/m.0../s1. The fourth-order valence-corrected chi connectivity index (χ4v) is 6.66. The van der Waals surface area contributed by atoms with Crippen molar-refractivity contribution in [2.75, 3.05) is 14.2 Å². The molecule has 0 radical (unpaired) electrons. The van der Waals surface area contributed by atoms with Gasteiger partial charge in [-0.25, -0.2) is 0 Å². The Morgan fingerprint density at radius 2 is 0.957 bits per heavy atom. The second-order valence-electron chi connectivity index (χ2n) is 11.5. The Labute approximate surface area is 297 Å². The molecule has 0 aliphatic heterocycles. The van der Waals surface area contributed by atoms with Crippen LogP contribution >= 0.6 is 28.2 Å². The van der Waals surface area contributed by atoms with Gasteiger partial charge in [-0.3, -0.25) is 0 Å². The molecular weight excluding hydrogens is 727 g/mol. The van der Waals surface area contributed by atoms with Crippen LogP contribution in [0.15, 0.2) is 121 Å². The second kappa shape index (κ2) is 17.0. The Bertz CT molecular complexity index is 1790. The van der Waals surface area contributed by atoms with Crippen molar-refractivity contribution >= 4 is 60.3 Å². The Kier molecular flexibility index (Phi) is 13.4. The van der Waals surface area contributed by atoms with Crippen LogP contribution in [0.5, 0.6) is 11.5 Å². The van der Waals surface area contributed by atoms with Gasteiger partial charge in [-0.05, 0) is 67.5 Å². The van der Waals surface area contributed by atoms with E-state index >= 15 is 0 Å². The van der Waals surface area contributed by atoms with Crippen LogP contribution in [0.1, 0.15) is 25.0 Å². The Morgan fingerprint density at radius 1 is 0.596 bits per heavy atom. The minimum absolute atomic E-state index is 0.0525. The molecular formula is C39H40ClN2O2P2Ru. The van der Waals surface area contributed by atoms with Crippen molar-refractivity contribution in [3.05, 3.63) is 144 Å². The molecule has 4 nitrogen and oxygen atoms in total. The van der Waals surface area contributed by atoms with E-state index in [4.69, 9.17) is 20.9 Å². The third-order valence-electron chi connectivity index (χ3n) is 8.40. The fraction of sp³-hybridized carbons (Fsp3) is 0.179. The SMILES string of the molecule is COc1ccc(C([NH-])(c2ccc(OC)cc2)[C@@H]([NH-])C(C)C)cc1.Pc1ccc2ccccc2c1-c1c(P)ccc2ccccc12.[Cl][Ru+2]. The van der Waals surface area contributed by atoms with Gasteiger partial charge in [0.05, 0.1) is 14.2 Å². The topological polar surface area (TPSA) is 66.1 Å². The van der Waals surface area contributed by atoms with Crippen LogP contribution in [0, 0.1) is 5.92 Å². The number of hydrogen-bond acceptors (Lipinski definition) is 2. The first-order valence-electron chi connectivity index (χ1n) is 15.1. The van der Waals surface area contributed by atoms with Gasteiger partial charge in [0.2, 0.25) is 0 Å². The van der Waals surface area contributed by atoms with Crippen molar-refractivity contribution in [2.24, 2.45) is 5.92 Å². The first-order chi connectivity index (χ1) is 22.7. The molecule has 0 fully saturated rings. The maximum absolute atomic E-state index is 9.12. The molecule has 6 aromatic rings. The Balaban J connectivity index is 0.000000202. The van der Waals surface area contributed by atoms with E-state index in [1.807, 2.05) is 79.7 Å². The van der Waals surface area contributed by atoms with Gasteiger partial charge < -0.3 is 20.9 Å². The second-order valence-corrected chi connectivity index (χ2v) is 12.7. The number of benzene rings is 6. The molecule has 47 heavy (non-hydrogen) atoms. The zero-order chi connectivity index (χ0) is 34.1. The van der Waals surface area contributed by atoms with Gasteiger partial charge in [0.15, 0.2) is 0 Å². The molecule has 0 spiro atoms. The number of nitrogens with one attached hydrogen (secondary N) is 2. The summed E-state index contributed by atoms with van der Waals surface area (Å²) in [5.74, 6) is 1.55. The van der Waals surface area contributed by atoms with E-state index in [1.54, 1.807) is 14.2 Å². The normalized spacial score (nSPS) is 11.7. The van der Waals surface area contributed by atoms with Crippen LogP contribution in [0.2, 0.25) is 0 Å². The summed E-state index contributed by atoms with van der Waals surface area (Å²) < 4.78 is 10.4. The van der Waals surface area contributed by atoms with Crippen molar-refractivity contribution < 1.29 is 26.8 Å². The third kappa shape index (κ3) is 8.06. The van der Waals surface area contributed by atoms with Crippen molar-refractivity contribution in [2.45, 2.75) is 25.4 Å². The molecule has 2 unspecified atom stereocenters.